The van der Waals surface area contributed by atoms with E-state index in [2.05, 4.69) is 15.6 Å². The minimum absolute atomic E-state index is 0.0631. The highest BCUT2D eigenvalue weighted by molar-refractivity contribution is 6.05. The molecular formula is C23H19N5O4. The van der Waals surface area contributed by atoms with Crippen LogP contribution in [0.15, 0.2) is 48.7 Å². The quantitative estimate of drug-likeness (QED) is 0.500. The number of hydrogen-bond donors (Lipinski definition) is 1. The van der Waals surface area contributed by atoms with E-state index in [4.69, 9.17) is 0 Å². The molecule has 0 spiro atoms. The molecule has 0 bridgehead atoms. The Balaban J connectivity index is 1.43. The number of hydrogen-bond acceptors (Lipinski definition) is 6. The van der Waals surface area contributed by atoms with Crippen LogP contribution in [-0.2, 0) is 16.1 Å². The standard InChI is InChI=1S/C23H19N5O4/c1-13(29)16-4-2-3-5-17(16)19-12-28(26-25-19)15-7-6-14-11-27(23(32)18(14)10-15)20-8-9-21(30)24-22(20)31/h2-7,10,12,20H,8-9,11H2,1H3,(H,24,30,31). The molecule has 0 radical (unpaired) electrons. The molecule has 32 heavy (non-hydrogen) atoms. The largest absolute Gasteiger partial charge is 0.322 e. The highest BCUT2D eigenvalue weighted by Gasteiger charge is 2.39. The van der Waals surface area contributed by atoms with Gasteiger partial charge in [-0.25, -0.2) is 4.68 Å². The number of amides is 3. The zero-order chi connectivity index (χ0) is 22.4. The van der Waals surface area contributed by atoms with Gasteiger partial charge in [-0.05, 0) is 31.0 Å². The van der Waals surface area contributed by atoms with Crippen molar-refractivity contribution >= 4 is 23.5 Å². The summed E-state index contributed by atoms with van der Waals surface area (Å²) in [6.45, 7) is 1.82. The van der Waals surface area contributed by atoms with Crippen molar-refractivity contribution in [2.45, 2.75) is 32.4 Å². The zero-order valence-corrected chi connectivity index (χ0v) is 17.2. The number of ketones is 1. The summed E-state index contributed by atoms with van der Waals surface area (Å²) in [6, 6.07) is 11.9. The van der Waals surface area contributed by atoms with Crippen LogP contribution in [0.1, 0.15) is 46.0 Å². The lowest BCUT2D eigenvalue weighted by molar-refractivity contribution is -0.136. The number of piperidine rings is 1. The first kappa shape index (κ1) is 19.8. The van der Waals surface area contributed by atoms with Crippen LogP contribution in [-0.4, -0.2) is 49.4 Å². The second kappa shape index (κ2) is 7.52. The number of nitrogens with one attached hydrogen (secondary N) is 1. The summed E-state index contributed by atoms with van der Waals surface area (Å²) in [6.07, 6.45) is 2.24. The average Bonchev–Trinajstić information content (AvgIpc) is 3.39. The van der Waals surface area contributed by atoms with Crippen molar-refractivity contribution in [2.75, 3.05) is 0 Å². The van der Waals surface area contributed by atoms with Gasteiger partial charge in [-0.1, -0.05) is 35.5 Å². The van der Waals surface area contributed by atoms with E-state index >= 15 is 0 Å². The third-order valence-corrected chi connectivity index (χ3v) is 5.85. The molecule has 1 fully saturated rings. The van der Waals surface area contributed by atoms with Crippen molar-refractivity contribution in [3.8, 4) is 16.9 Å². The second-order valence-corrected chi connectivity index (χ2v) is 7.89. The van der Waals surface area contributed by atoms with Crippen LogP contribution in [0.4, 0.5) is 0 Å². The van der Waals surface area contributed by atoms with E-state index < -0.39 is 11.9 Å². The smallest absolute Gasteiger partial charge is 0.255 e. The number of aromatic nitrogens is 3. The Hall–Kier alpha value is -4.14. The van der Waals surface area contributed by atoms with E-state index in [0.717, 1.165) is 5.56 Å². The monoisotopic (exact) mass is 429 g/mol. The lowest BCUT2D eigenvalue weighted by Gasteiger charge is -2.29. The lowest BCUT2D eigenvalue weighted by Crippen LogP contribution is -2.52. The molecule has 2 aliphatic rings. The summed E-state index contributed by atoms with van der Waals surface area (Å²) < 4.78 is 1.55. The van der Waals surface area contributed by atoms with Gasteiger partial charge in [-0.3, -0.25) is 24.5 Å². The van der Waals surface area contributed by atoms with E-state index in [-0.39, 0.29) is 24.0 Å². The average molecular weight is 429 g/mol. The van der Waals surface area contributed by atoms with Crippen molar-refractivity contribution in [1.82, 2.24) is 25.2 Å². The third kappa shape index (κ3) is 3.27. The zero-order valence-electron chi connectivity index (χ0n) is 17.2. The molecule has 2 aromatic carbocycles. The van der Waals surface area contributed by atoms with Gasteiger partial charge in [0, 0.05) is 29.7 Å². The molecule has 5 rings (SSSR count). The maximum Gasteiger partial charge on any atom is 0.255 e. The van der Waals surface area contributed by atoms with E-state index in [1.165, 1.54) is 11.8 Å². The van der Waals surface area contributed by atoms with E-state index in [0.29, 0.717) is 41.0 Å². The molecule has 0 aliphatic carbocycles. The maximum absolute atomic E-state index is 13.0. The lowest BCUT2D eigenvalue weighted by atomic mass is 10.0. The van der Waals surface area contributed by atoms with E-state index in [9.17, 15) is 19.2 Å². The molecule has 1 aromatic heterocycles. The maximum atomic E-state index is 13.0. The molecule has 160 valence electrons. The molecule has 2 aliphatic heterocycles. The van der Waals surface area contributed by atoms with E-state index in [1.54, 1.807) is 29.1 Å². The van der Waals surface area contributed by atoms with Gasteiger partial charge in [0.25, 0.3) is 5.91 Å². The minimum Gasteiger partial charge on any atom is -0.322 e. The molecule has 0 saturated carbocycles. The van der Waals surface area contributed by atoms with Gasteiger partial charge >= 0.3 is 0 Å². The Morgan fingerprint density at radius 2 is 1.91 bits per heavy atom. The number of rotatable bonds is 4. The van der Waals surface area contributed by atoms with Crippen LogP contribution in [0.25, 0.3) is 16.9 Å². The Labute approximate surface area is 183 Å². The normalized spacial score (nSPS) is 18.0. The van der Waals surface area contributed by atoms with Crippen LogP contribution in [0.5, 0.6) is 0 Å². The van der Waals surface area contributed by atoms with Gasteiger partial charge in [0.15, 0.2) is 5.78 Å². The molecule has 1 atom stereocenters. The fourth-order valence-electron chi connectivity index (χ4n) is 4.21. The van der Waals surface area contributed by atoms with Crippen LogP contribution < -0.4 is 5.32 Å². The highest BCUT2D eigenvalue weighted by Crippen LogP contribution is 2.29. The molecule has 3 aromatic rings. The van der Waals surface area contributed by atoms with Gasteiger partial charge in [-0.15, -0.1) is 5.10 Å². The van der Waals surface area contributed by atoms with Crippen LogP contribution in [0, 0.1) is 0 Å². The van der Waals surface area contributed by atoms with Gasteiger partial charge < -0.3 is 4.90 Å². The summed E-state index contributed by atoms with van der Waals surface area (Å²) in [5, 5.41) is 10.7. The van der Waals surface area contributed by atoms with Crippen molar-refractivity contribution in [3.05, 3.63) is 65.4 Å². The molecular weight excluding hydrogens is 410 g/mol. The summed E-state index contributed by atoms with van der Waals surface area (Å²) in [5.74, 6) is -1.07. The summed E-state index contributed by atoms with van der Waals surface area (Å²) in [4.78, 5) is 50.1. The molecule has 1 unspecified atom stereocenters. The van der Waals surface area contributed by atoms with Crippen molar-refractivity contribution in [3.63, 3.8) is 0 Å². The van der Waals surface area contributed by atoms with Crippen LogP contribution >= 0.6 is 0 Å². The molecule has 3 amide bonds. The summed E-state index contributed by atoms with van der Waals surface area (Å²) in [5.41, 5.74) is 3.74. The highest BCUT2D eigenvalue weighted by atomic mass is 16.2. The fourth-order valence-corrected chi connectivity index (χ4v) is 4.21. The van der Waals surface area contributed by atoms with Crippen LogP contribution in [0.2, 0.25) is 0 Å². The van der Waals surface area contributed by atoms with Crippen molar-refractivity contribution < 1.29 is 19.2 Å². The number of nitrogens with zero attached hydrogens (tertiary/aromatic N) is 4. The number of carbonyl (C=O) groups excluding carboxylic acids is 4. The molecule has 3 heterocycles. The summed E-state index contributed by atoms with van der Waals surface area (Å²) in [7, 11) is 0. The number of Topliss-reactive ketones (excluding diaryl/α,β-unsaturated/α-hetero) is 1. The third-order valence-electron chi connectivity index (χ3n) is 5.85. The Bertz CT molecular complexity index is 1300. The van der Waals surface area contributed by atoms with Crippen LogP contribution in [0.3, 0.4) is 0 Å². The van der Waals surface area contributed by atoms with Crippen molar-refractivity contribution in [1.29, 1.82) is 0 Å². The topological polar surface area (TPSA) is 114 Å². The van der Waals surface area contributed by atoms with Gasteiger partial charge in [0.05, 0.1) is 11.9 Å². The molecule has 1 N–H and O–H groups in total. The van der Waals surface area contributed by atoms with Gasteiger partial charge in [-0.2, -0.15) is 0 Å². The number of fused-ring (bicyclic) bond motifs is 1. The number of imide groups is 1. The predicted molar refractivity (Wildman–Crippen MR) is 113 cm³/mol. The molecule has 9 heteroatoms. The van der Waals surface area contributed by atoms with Crippen molar-refractivity contribution in [2.24, 2.45) is 0 Å². The summed E-state index contributed by atoms with van der Waals surface area (Å²) >= 11 is 0. The first-order valence-electron chi connectivity index (χ1n) is 10.2. The minimum atomic E-state index is -0.655. The fraction of sp³-hybridized carbons (Fsp3) is 0.217. The Morgan fingerprint density at radius 3 is 2.69 bits per heavy atom. The van der Waals surface area contributed by atoms with Gasteiger partial charge in [0.1, 0.15) is 11.7 Å². The van der Waals surface area contributed by atoms with E-state index in [1.807, 2.05) is 24.3 Å². The first-order chi connectivity index (χ1) is 15.4. The molecule has 1 saturated heterocycles. The number of carbonyl (C=O) groups is 4. The Kier molecular flexibility index (Phi) is 4.66. The van der Waals surface area contributed by atoms with Gasteiger partial charge in [0.2, 0.25) is 11.8 Å². The second-order valence-electron chi connectivity index (χ2n) is 7.89. The predicted octanol–water partition coefficient (Wildman–Crippen LogP) is 1.90. The SMILES string of the molecule is CC(=O)c1ccccc1-c1cn(-c2ccc3c(c2)C(=O)N(C2CCC(=O)NC2=O)C3)nn1. The number of benzene rings is 2. The molecule has 9 nitrogen and oxygen atoms in total. The first-order valence-corrected chi connectivity index (χ1v) is 10.2. The Morgan fingerprint density at radius 1 is 1.09 bits per heavy atom.